The molecular formula is C19H18N2O6S. The van der Waals surface area contributed by atoms with Crippen molar-refractivity contribution in [3.05, 3.63) is 54.1 Å². The van der Waals surface area contributed by atoms with Gasteiger partial charge in [-0.05, 0) is 30.5 Å². The summed E-state index contributed by atoms with van der Waals surface area (Å²) >= 11 is 1.40. The lowest BCUT2D eigenvalue weighted by molar-refractivity contribution is -0.135. The lowest BCUT2D eigenvalue weighted by atomic mass is 10.2. The molecule has 0 bridgehead atoms. The number of esters is 1. The maximum absolute atomic E-state index is 12.1. The number of carbonyl (C=O) groups is 3. The van der Waals surface area contributed by atoms with Crippen molar-refractivity contribution in [1.29, 1.82) is 0 Å². The third-order valence-electron chi connectivity index (χ3n) is 3.79. The first-order chi connectivity index (χ1) is 13.6. The molecule has 2 aromatic rings. The number of hydrazine groups is 1. The van der Waals surface area contributed by atoms with E-state index in [2.05, 4.69) is 10.9 Å². The summed E-state index contributed by atoms with van der Waals surface area (Å²) in [6, 6.07) is 13.9. The Balaban J connectivity index is 1.44. The average Bonchev–Trinajstić information content (AvgIpc) is 2.75. The van der Waals surface area contributed by atoms with E-state index >= 15 is 0 Å². The summed E-state index contributed by atoms with van der Waals surface area (Å²) in [7, 11) is 0. The summed E-state index contributed by atoms with van der Waals surface area (Å²) in [6.07, 6.45) is 0.926. The molecule has 1 aliphatic rings. The molecule has 2 aromatic carbocycles. The van der Waals surface area contributed by atoms with E-state index in [1.807, 2.05) is 6.26 Å². The molecule has 0 saturated carbocycles. The third kappa shape index (κ3) is 4.74. The molecule has 0 aromatic heterocycles. The molecule has 1 atom stereocenters. The van der Waals surface area contributed by atoms with Crippen LogP contribution < -0.4 is 20.3 Å². The molecule has 0 fully saturated rings. The van der Waals surface area contributed by atoms with Gasteiger partial charge in [-0.25, -0.2) is 4.79 Å². The Labute approximate surface area is 165 Å². The number of para-hydroxylation sites is 2. The number of fused-ring (bicyclic) bond motifs is 1. The topological polar surface area (TPSA) is 103 Å². The van der Waals surface area contributed by atoms with Gasteiger partial charge in [-0.15, -0.1) is 11.8 Å². The summed E-state index contributed by atoms with van der Waals surface area (Å²) in [5.74, 6) is -0.885. The van der Waals surface area contributed by atoms with E-state index in [-0.39, 0.29) is 6.61 Å². The number of carbonyl (C=O) groups excluding carboxylic acids is 3. The Bertz CT molecular complexity index is 888. The number of benzene rings is 2. The average molecular weight is 402 g/mol. The Morgan fingerprint density at radius 1 is 1.07 bits per heavy atom. The van der Waals surface area contributed by atoms with E-state index < -0.39 is 30.5 Å². The van der Waals surface area contributed by atoms with Gasteiger partial charge in [0, 0.05) is 4.90 Å². The number of thioether (sulfide) groups is 1. The van der Waals surface area contributed by atoms with Gasteiger partial charge in [-0.2, -0.15) is 0 Å². The third-order valence-corrected chi connectivity index (χ3v) is 4.58. The molecule has 8 nitrogen and oxygen atoms in total. The van der Waals surface area contributed by atoms with Crippen LogP contribution in [0.2, 0.25) is 0 Å². The highest BCUT2D eigenvalue weighted by Gasteiger charge is 2.27. The normalized spacial score (nSPS) is 14.7. The van der Waals surface area contributed by atoms with E-state index in [1.54, 1.807) is 48.5 Å². The highest BCUT2D eigenvalue weighted by atomic mass is 32.2. The highest BCUT2D eigenvalue weighted by Crippen LogP contribution is 2.30. The maximum atomic E-state index is 12.1. The monoisotopic (exact) mass is 402 g/mol. The zero-order valence-electron chi connectivity index (χ0n) is 15.0. The lowest BCUT2D eigenvalue weighted by Crippen LogP contribution is -2.51. The summed E-state index contributed by atoms with van der Waals surface area (Å²) < 4.78 is 16.0. The molecule has 3 rings (SSSR count). The molecular weight excluding hydrogens is 384 g/mol. The van der Waals surface area contributed by atoms with E-state index in [0.29, 0.717) is 17.1 Å². The number of hydrogen-bond acceptors (Lipinski definition) is 7. The number of amides is 2. The van der Waals surface area contributed by atoms with Gasteiger partial charge in [-0.1, -0.05) is 24.3 Å². The fourth-order valence-corrected chi connectivity index (χ4v) is 3.00. The quantitative estimate of drug-likeness (QED) is 0.444. The van der Waals surface area contributed by atoms with E-state index in [1.165, 1.54) is 11.8 Å². The van der Waals surface area contributed by atoms with Crippen LogP contribution in [0.3, 0.4) is 0 Å². The van der Waals surface area contributed by atoms with Crippen molar-refractivity contribution < 1.29 is 28.6 Å². The van der Waals surface area contributed by atoms with Gasteiger partial charge >= 0.3 is 5.97 Å². The lowest BCUT2D eigenvalue weighted by Gasteiger charge is -2.25. The molecule has 9 heteroatoms. The van der Waals surface area contributed by atoms with Crippen LogP contribution in [-0.2, 0) is 14.3 Å². The fourth-order valence-electron chi connectivity index (χ4n) is 2.42. The van der Waals surface area contributed by atoms with Crippen LogP contribution in [0.4, 0.5) is 0 Å². The van der Waals surface area contributed by atoms with E-state index in [0.717, 1.165) is 4.90 Å². The van der Waals surface area contributed by atoms with Crippen LogP contribution in [0, 0.1) is 0 Å². The number of ether oxygens (including phenoxy) is 3. The first-order valence-electron chi connectivity index (χ1n) is 8.36. The van der Waals surface area contributed by atoms with Crippen molar-refractivity contribution in [2.45, 2.75) is 11.0 Å². The highest BCUT2D eigenvalue weighted by molar-refractivity contribution is 7.98. The molecule has 1 heterocycles. The molecule has 0 unspecified atom stereocenters. The second-order valence-electron chi connectivity index (χ2n) is 5.68. The Kier molecular flexibility index (Phi) is 6.38. The number of hydrogen-bond donors (Lipinski definition) is 2. The second-order valence-corrected chi connectivity index (χ2v) is 6.53. The Morgan fingerprint density at radius 2 is 1.79 bits per heavy atom. The number of rotatable bonds is 5. The maximum Gasteiger partial charge on any atom is 0.339 e. The molecule has 0 spiro atoms. The van der Waals surface area contributed by atoms with Crippen molar-refractivity contribution in [1.82, 2.24) is 10.9 Å². The van der Waals surface area contributed by atoms with Gasteiger partial charge in [0.1, 0.15) is 6.61 Å². The molecule has 1 aliphatic heterocycles. The van der Waals surface area contributed by atoms with Gasteiger partial charge in [0.25, 0.3) is 11.8 Å². The summed E-state index contributed by atoms with van der Waals surface area (Å²) in [4.78, 5) is 36.8. The van der Waals surface area contributed by atoms with Gasteiger partial charge in [0.05, 0.1) is 5.56 Å². The predicted octanol–water partition coefficient (Wildman–Crippen LogP) is 1.55. The molecule has 0 aliphatic carbocycles. The second kappa shape index (κ2) is 9.14. The van der Waals surface area contributed by atoms with Crippen molar-refractivity contribution in [2.75, 3.05) is 19.5 Å². The van der Waals surface area contributed by atoms with Crippen molar-refractivity contribution in [3.63, 3.8) is 0 Å². The summed E-state index contributed by atoms with van der Waals surface area (Å²) in [5, 5.41) is 0. The zero-order valence-corrected chi connectivity index (χ0v) is 15.8. The smallest absolute Gasteiger partial charge is 0.339 e. The molecule has 146 valence electrons. The van der Waals surface area contributed by atoms with Gasteiger partial charge in [-0.3, -0.25) is 20.4 Å². The van der Waals surface area contributed by atoms with Gasteiger partial charge < -0.3 is 14.2 Å². The molecule has 0 saturated heterocycles. The fraction of sp³-hybridized carbons (Fsp3) is 0.211. The van der Waals surface area contributed by atoms with Crippen molar-refractivity contribution in [3.8, 4) is 11.5 Å². The minimum Gasteiger partial charge on any atom is -0.485 e. The van der Waals surface area contributed by atoms with Crippen LogP contribution in [0.5, 0.6) is 11.5 Å². The first kappa shape index (κ1) is 19.6. The standard InChI is InChI=1S/C19H18N2O6S/c1-28-16-9-5-2-6-12(16)19(24)26-11-17(22)20-21-18(23)15-10-25-13-7-3-4-8-14(13)27-15/h2-9,15H,10-11H2,1H3,(H,20,22)(H,21,23)/t15-/m1/s1. The van der Waals surface area contributed by atoms with Crippen LogP contribution in [-0.4, -0.2) is 43.4 Å². The summed E-state index contributed by atoms with van der Waals surface area (Å²) in [6.45, 7) is -0.522. The minimum absolute atomic E-state index is 0.0131. The first-order valence-corrected chi connectivity index (χ1v) is 9.58. The van der Waals surface area contributed by atoms with Crippen LogP contribution >= 0.6 is 11.8 Å². The summed E-state index contributed by atoms with van der Waals surface area (Å²) in [5.41, 5.74) is 4.79. The molecule has 2 N–H and O–H groups in total. The molecule has 2 amide bonds. The SMILES string of the molecule is CSc1ccccc1C(=O)OCC(=O)NNC(=O)[C@H]1COc2ccccc2O1. The predicted molar refractivity (Wildman–Crippen MR) is 101 cm³/mol. The zero-order chi connectivity index (χ0) is 19.9. The van der Waals surface area contributed by atoms with Gasteiger partial charge in [0.15, 0.2) is 18.1 Å². The van der Waals surface area contributed by atoms with Crippen LogP contribution in [0.1, 0.15) is 10.4 Å². The van der Waals surface area contributed by atoms with E-state index in [4.69, 9.17) is 14.2 Å². The van der Waals surface area contributed by atoms with Crippen molar-refractivity contribution in [2.24, 2.45) is 0 Å². The number of nitrogens with one attached hydrogen (secondary N) is 2. The van der Waals surface area contributed by atoms with Crippen LogP contribution in [0.25, 0.3) is 0 Å². The Hall–Kier alpha value is -3.20. The van der Waals surface area contributed by atoms with Crippen molar-refractivity contribution >= 4 is 29.5 Å². The van der Waals surface area contributed by atoms with E-state index in [9.17, 15) is 14.4 Å². The minimum atomic E-state index is -0.911. The van der Waals surface area contributed by atoms with Gasteiger partial charge in [0.2, 0.25) is 6.10 Å². The largest absolute Gasteiger partial charge is 0.485 e. The van der Waals surface area contributed by atoms with Crippen LogP contribution in [0.15, 0.2) is 53.4 Å². The Morgan fingerprint density at radius 3 is 2.57 bits per heavy atom. The molecule has 28 heavy (non-hydrogen) atoms. The molecule has 0 radical (unpaired) electrons.